The summed E-state index contributed by atoms with van der Waals surface area (Å²) in [6.07, 6.45) is 2.02. The smallest absolute Gasteiger partial charge is 0.266 e. The van der Waals surface area contributed by atoms with E-state index in [-0.39, 0.29) is 17.0 Å². The Morgan fingerprint density at radius 2 is 1.86 bits per heavy atom. The van der Waals surface area contributed by atoms with Gasteiger partial charge in [-0.3, -0.25) is 4.79 Å². The molecule has 118 valence electrons. The monoisotopic (exact) mass is 321 g/mol. The predicted molar refractivity (Wildman–Crippen MR) is 84.2 cm³/mol. The molecule has 0 unspecified atom stereocenters. The molecule has 1 heterocycles. The highest BCUT2D eigenvalue weighted by molar-refractivity contribution is 7.89. The van der Waals surface area contributed by atoms with Crippen molar-refractivity contribution >= 4 is 10.0 Å². The second kappa shape index (κ2) is 6.85. The maximum absolute atomic E-state index is 12.2. The number of rotatable bonds is 6. The minimum absolute atomic E-state index is 0.195. The third-order valence-corrected chi connectivity index (χ3v) is 4.57. The second-order valence-electron chi connectivity index (χ2n) is 5.16. The van der Waals surface area contributed by atoms with Gasteiger partial charge in [0.25, 0.3) is 5.56 Å². The Morgan fingerprint density at radius 3 is 2.50 bits per heavy atom. The lowest BCUT2D eigenvalue weighted by molar-refractivity contribution is 0.535. The Balaban J connectivity index is 1.96. The lowest BCUT2D eigenvalue weighted by Crippen LogP contribution is -2.28. The maximum Gasteiger partial charge on any atom is 0.266 e. The zero-order chi connectivity index (χ0) is 16.2. The van der Waals surface area contributed by atoms with Gasteiger partial charge in [0.2, 0.25) is 10.0 Å². The van der Waals surface area contributed by atoms with Crippen molar-refractivity contribution in [1.82, 2.24) is 14.5 Å². The van der Waals surface area contributed by atoms with Crippen molar-refractivity contribution in [1.29, 1.82) is 0 Å². The van der Waals surface area contributed by atoms with Gasteiger partial charge in [0.05, 0.1) is 4.90 Å². The van der Waals surface area contributed by atoms with Gasteiger partial charge < -0.3 is 0 Å². The minimum Gasteiger partial charge on any atom is -0.268 e. The highest BCUT2D eigenvalue weighted by Crippen LogP contribution is 2.14. The van der Waals surface area contributed by atoms with Crippen molar-refractivity contribution in [2.75, 3.05) is 6.54 Å². The summed E-state index contributed by atoms with van der Waals surface area (Å²) >= 11 is 0. The molecule has 0 fully saturated rings. The molecule has 0 aliphatic carbocycles. The van der Waals surface area contributed by atoms with Crippen LogP contribution in [0.4, 0.5) is 0 Å². The summed E-state index contributed by atoms with van der Waals surface area (Å²) in [5.41, 5.74) is 1.61. The van der Waals surface area contributed by atoms with Crippen LogP contribution in [0.5, 0.6) is 0 Å². The van der Waals surface area contributed by atoms with Gasteiger partial charge in [-0.15, -0.1) is 0 Å². The summed E-state index contributed by atoms with van der Waals surface area (Å²) in [6.45, 7) is 4.34. The average molecular weight is 321 g/mol. The zero-order valence-electron chi connectivity index (χ0n) is 12.6. The molecule has 0 bridgehead atoms. The van der Waals surface area contributed by atoms with Crippen LogP contribution in [0.3, 0.4) is 0 Å². The Hall–Kier alpha value is -1.99. The molecule has 1 aromatic carbocycles. The quantitative estimate of drug-likeness (QED) is 0.811. The first-order valence-electron chi connectivity index (χ1n) is 6.98. The number of aromatic nitrogens is 2. The Labute approximate surface area is 129 Å². The van der Waals surface area contributed by atoms with Crippen LogP contribution >= 0.6 is 0 Å². The SMILES string of the molecule is Cc1cc(C)cc(S(=O)(=O)NCCCn2ncccc2=O)c1. The molecule has 0 aliphatic heterocycles. The van der Waals surface area contributed by atoms with Crippen molar-refractivity contribution in [2.24, 2.45) is 0 Å². The van der Waals surface area contributed by atoms with Gasteiger partial charge in [0.15, 0.2) is 0 Å². The molecule has 2 aromatic rings. The fraction of sp³-hybridized carbons (Fsp3) is 0.333. The fourth-order valence-electron chi connectivity index (χ4n) is 2.16. The molecule has 22 heavy (non-hydrogen) atoms. The first-order valence-corrected chi connectivity index (χ1v) is 8.47. The number of sulfonamides is 1. The highest BCUT2D eigenvalue weighted by Gasteiger charge is 2.14. The standard InChI is InChI=1S/C15H19N3O3S/c1-12-9-13(2)11-14(10-12)22(20,21)17-7-4-8-18-15(19)5-3-6-16-18/h3,5-6,9-11,17H,4,7-8H2,1-2H3. The highest BCUT2D eigenvalue weighted by atomic mass is 32.2. The van der Waals surface area contributed by atoms with Crippen LogP contribution in [0, 0.1) is 13.8 Å². The van der Waals surface area contributed by atoms with Gasteiger partial charge >= 0.3 is 0 Å². The number of benzene rings is 1. The minimum atomic E-state index is -3.53. The first-order chi connectivity index (χ1) is 10.4. The predicted octanol–water partition coefficient (Wildman–Crippen LogP) is 1.23. The van der Waals surface area contributed by atoms with Crippen LogP contribution < -0.4 is 10.3 Å². The largest absolute Gasteiger partial charge is 0.268 e. The summed E-state index contributed by atoms with van der Waals surface area (Å²) in [7, 11) is -3.53. The van der Waals surface area contributed by atoms with Crippen molar-refractivity contribution in [2.45, 2.75) is 31.7 Å². The average Bonchev–Trinajstić information content (AvgIpc) is 2.44. The van der Waals surface area contributed by atoms with E-state index in [9.17, 15) is 13.2 Å². The molecule has 1 aromatic heterocycles. The molecule has 0 saturated heterocycles. The van der Waals surface area contributed by atoms with E-state index in [1.165, 1.54) is 16.9 Å². The third kappa shape index (κ3) is 4.25. The van der Waals surface area contributed by atoms with Crippen LogP contribution in [-0.4, -0.2) is 24.7 Å². The van der Waals surface area contributed by atoms with E-state index in [0.717, 1.165) is 11.1 Å². The first kappa shape index (κ1) is 16.4. The Kier molecular flexibility index (Phi) is 5.10. The number of aryl methyl sites for hydroxylation is 3. The summed E-state index contributed by atoms with van der Waals surface area (Å²) in [5.74, 6) is 0. The molecule has 0 saturated carbocycles. The lowest BCUT2D eigenvalue weighted by Gasteiger charge is -2.09. The van der Waals surface area contributed by atoms with Gasteiger partial charge in [-0.1, -0.05) is 6.07 Å². The Bertz CT molecular complexity index is 793. The van der Waals surface area contributed by atoms with Crippen LogP contribution in [0.25, 0.3) is 0 Å². The van der Waals surface area contributed by atoms with Gasteiger partial charge in [0.1, 0.15) is 0 Å². The van der Waals surface area contributed by atoms with E-state index in [4.69, 9.17) is 0 Å². The van der Waals surface area contributed by atoms with Crippen LogP contribution in [0.15, 0.2) is 46.2 Å². The molecule has 0 spiro atoms. The van der Waals surface area contributed by atoms with Crippen molar-refractivity contribution in [3.63, 3.8) is 0 Å². The van der Waals surface area contributed by atoms with Gasteiger partial charge in [-0.25, -0.2) is 17.8 Å². The molecule has 1 N–H and O–H groups in total. The topological polar surface area (TPSA) is 81.1 Å². The van der Waals surface area contributed by atoms with E-state index >= 15 is 0 Å². The maximum atomic E-state index is 12.2. The summed E-state index contributed by atoms with van der Waals surface area (Å²) < 4.78 is 28.3. The molecule has 0 atom stereocenters. The van der Waals surface area contributed by atoms with E-state index in [2.05, 4.69) is 9.82 Å². The third-order valence-electron chi connectivity index (χ3n) is 3.13. The molecule has 6 nitrogen and oxygen atoms in total. The molecule has 7 heteroatoms. The van der Waals surface area contributed by atoms with Crippen molar-refractivity contribution < 1.29 is 8.42 Å². The van der Waals surface area contributed by atoms with Crippen LogP contribution in [0.1, 0.15) is 17.5 Å². The van der Waals surface area contributed by atoms with Crippen LogP contribution in [-0.2, 0) is 16.6 Å². The summed E-state index contributed by atoms with van der Waals surface area (Å²) in [6, 6.07) is 8.19. The molecule has 0 amide bonds. The van der Waals surface area contributed by atoms with Gasteiger partial charge in [-0.2, -0.15) is 5.10 Å². The lowest BCUT2D eigenvalue weighted by atomic mass is 10.2. The van der Waals surface area contributed by atoms with Crippen molar-refractivity contribution in [3.8, 4) is 0 Å². The number of hydrogen-bond donors (Lipinski definition) is 1. The number of nitrogens with zero attached hydrogens (tertiary/aromatic N) is 2. The summed E-state index contributed by atoms with van der Waals surface area (Å²) in [5, 5.41) is 3.92. The molecule has 0 radical (unpaired) electrons. The van der Waals surface area contributed by atoms with E-state index < -0.39 is 10.0 Å². The van der Waals surface area contributed by atoms with Gasteiger partial charge in [0, 0.05) is 25.4 Å². The summed E-state index contributed by atoms with van der Waals surface area (Å²) in [4.78, 5) is 11.7. The fourth-order valence-corrected chi connectivity index (χ4v) is 3.42. The Morgan fingerprint density at radius 1 is 1.18 bits per heavy atom. The van der Waals surface area contributed by atoms with Crippen LogP contribution in [0.2, 0.25) is 0 Å². The molecular weight excluding hydrogens is 302 g/mol. The van der Waals surface area contributed by atoms with E-state index in [1.807, 2.05) is 19.9 Å². The molecule has 0 aliphatic rings. The molecular formula is C15H19N3O3S. The van der Waals surface area contributed by atoms with Crippen molar-refractivity contribution in [3.05, 3.63) is 58.0 Å². The second-order valence-corrected chi connectivity index (χ2v) is 6.93. The zero-order valence-corrected chi connectivity index (χ0v) is 13.4. The molecule has 2 rings (SSSR count). The normalized spacial score (nSPS) is 11.5. The number of hydrogen-bond acceptors (Lipinski definition) is 4. The van der Waals surface area contributed by atoms with E-state index in [1.54, 1.807) is 18.2 Å². The van der Waals surface area contributed by atoms with E-state index in [0.29, 0.717) is 13.0 Å². The van der Waals surface area contributed by atoms with Gasteiger partial charge in [-0.05, 0) is 49.6 Å². The number of nitrogens with one attached hydrogen (secondary N) is 1.